The predicted octanol–water partition coefficient (Wildman–Crippen LogP) is 2.75. The quantitative estimate of drug-likeness (QED) is 0.728. The number of fused-ring (bicyclic) bond motifs is 1. The molecule has 0 heterocycles. The molecule has 2 aliphatic rings. The monoisotopic (exact) mass is 250 g/mol. The van der Waals surface area contributed by atoms with Crippen LogP contribution >= 0.6 is 0 Å². The molecule has 1 N–H and O–H groups in total. The van der Waals surface area contributed by atoms with Gasteiger partial charge in [0, 0.05) is 0 Å². The van der Waals surface area contributed by atoms with Crippen LogP contribution in [0.5, 0.6) is 0 Å². The summed E-state index contributed by atoms with van der Waals surface area (Å²) < 4.78 is 5.40. The molecule has 0 bridgehead atoms. The second-order valence-corrected chi connectivity index (χ2v) is 6.14. The summed E-state index contributed by atoms with van der Waals surface area (Å²) in [5.74, 6) is -0.432. The van der Waals surface area contributed by atoms with Crippen LogP contribution in [-0.4, -0.2) is 22.8 Å². The summed E-state index contributed by atoms with van der Waals surface area (Å²) in [5, 5.41) is 9.98. The van der Waals surface area contributed by atoms with E-state index < -0.39 is 11.7 Å². The van der Waals surface area contributed by atoms with E-state index in [4.69, 9.17) is 4.74 Å². The minimum Gasteiger partial charge on any atom is -0.460 e. The average molecular weight is 250 g/mol. The van der Waals surface area contributed by atoms with E-state index in [2.05, 4.69) is 6.08 Å². The van der Waals surface area contributed by atoms with Crippen LogP contribution in [0.1, 0.15) is 46.5 Å². The standard InChI is InChI=1S/C15H22O3/c1-15(2,3)18-14(17)11-8-7-10-5-4-6-13(16)12(10)9-11/h7,9,11,13,16H,4-6,8H2,1-3H3. The summed E-state index contributed by atoms with van der Waals surface area (Å²) in [6.45, 7) is 5.62. The largest absolute Gasteiger partial charge is 0.460 e. The van der Waals surface area contributed by atoms with E-state index in [1.807, 2.05) is 26.8 Å². The van der Waals surface area contributed by atoms with Crippen molar-refractivity contribution in [1.82, 2.24) is 0 Å². The van der Waals surface area contributed by atoms with E-state index in [0.717, 1.165) is 24.8 Å². The van der Waals surface area contributed by atoms with Crippen LogP contribution in [0.15, 0.2) is 23.3 Å². The van der Waals surface area contributed by atoms with Gasteiger partial charge in [0.25, 0.3) is 0 Å². The first-order valence-corrected chi connectivity index (χ1v) is 6.69. The molecule has 0 saturated heterocycles. The van der Waals surface area contributed by atoms with Crippen molar-refractivity contribution in [2.24, 2.45) is 5.92 Å². The minimum absolute atomic E-state index is 0.192. The summed E-state index contributed by atoms with van der Waals surface area (Å²) in [7, 11) is 0. The van der Waals surface area contributed by atoms with E-state index in [-0.39, 0.29) is 11.9 Å². The van der Waals surface area contributed by atoms with Gasteiger partial charge in [-0.3, -0.25) is 4.79 Å². The van der Waals surface area contributed by atoms with Gasteiger partial charge in [-0.2, -0.15) is 0 Å². The number of rotatable bonds is 1. The van der Waals surface area contributed by atoms with Gasteiger partial charge in [-0.15, -0.1) is 0 Å². The van der Waals surface area contributed by atoms with Gasteiger partial charge in [0.2, 0.25) is 0 Å². The van der Waals surface area contributed by atoms with Crippen molar-refractivity contribution in [2.75, 3.05) is 0 Å². The van der Waals surface area contributed by atoms with Crippen molar-refractivity contribution < 1.29 is 14.6 Å². The van der Waals surface area contributed by atoms with E-state index in [0.29, 0.717) is 6.42 Å². The highest BCUT2D eigenvalue weighted by molar-refractivity contribution is 5.76. The summed E-state index contributed by atoms with van der Waals surface area (Å²) in [6.07, 6.45) is 7.13. The summed E-state index contributed by atoms with van der Waals surface area (Å²) >= 11 is 0. The van der Waals surface area contributed by atoms with E-state index in [9.17, 15) is 9.90 Å². The highest BCUT2D eigenvalue weighted by Gasteiger charge is 2.29. The van der Waals surface area contributed by atoms with Crippen molar-refractivity contribution in [2.45, 2.75) is 58.2 Å². The lowest BCUT2D eigenvalue weighted by molar-refractivity contribution is -0.158. The molecule has 2 unspecified atom stereocenters. The Kier molecular flexibility index (Phi) is 3.62. The molecular weight excluding hydrogens is 228 g/mol. The Balaban J connectivity index is 2.10. The van der Waals surface area contributed by atoms with Gasteiger partial charge < -0.3 is 9.84 Å². The maximum absolute atomic E-state index is 12.0. The molecule has 18 heavy (non-hydrogen) atoms. The third-order valence-electron chi connectivity index (χ3n) is 3.36. The molecule has 0 aromatic heterocycles. The zero-order chi connectivity index (χ0) is 13.3. The molecule has 0 radical (unpaired) electrons. The third-order valence-corrected chi connectivity index (χ3v) is 3.36. The number of carbonyl (C=O) groups is 1. The Hall–Kier alpha value is -1.09. The lowest BCUT2D eigenvalue weighted by Gasteiger charge is -2.30. The normalized spacial score (nSPS) is 28.0. The molecule has 1 fully saturated rings. The molecule has 0 aliphatic heterocycles. The Labute approximate surface area is 109 Å². The summed E-state index contributed by atoms with van der Waals surface area (Å²) in [4.78, 5) is 12.0. The maximum Gasteiger partial charge on any atom is 0.313 e. The van der Waals surface area contributed by atoms with Gasteiger partial charge in [-0.1, -0.05) is 12.2 Å². The topological polar surface area (TPSA) is 46.5 Å². The smallest absolute Gasteiger partial charge is 0.313 e. The number of ether oxygens (including phenoxy) is 1. The van der Waals surface area contributed by atoms with E-state index in [1.54, 1.807) is 0 Å². The first-order valence-electron chi connectivity index (χ1n) is 6.69. The fourth-order valence-corrected chi connectivity index (χ4v) is 2.53. The van der Waals surface area contributed by atoms with Crippen molar-refractivity contribution in [3.05, 3.63) is 23.3 Å². The van der Waals surface area contributed by atoms with Crippen LogP contribution in [-0.2, 0) is 9.53 Å². The second-order valence-electron chi connectivity index (χ2n) is 6.14. The molecule has 3 nitrogen and oxygen atoms in total. The summed E-state index contributed by atoms with van der Waals surface area (Å²) in [5.41, 5.74) is 1.71. The van der Waals surface area contributed by atoms with Crippen molar-refractivity contribution in [3.8, 4) is 0 Å². The van der Waals surface area contributed by atoms with Crippen LogP contribution in [0.2, 0.25) is 0 Å². The molecule has 3 heteroatoms. The molecule has 100 valence electrons. The van der Waals surface area contributed by atoms with Gasteiger partial charge in [-0.25, -0.2) is 0 Å². The van der Waals surface area contributed by atoms with Crippen LogP contribution in [0.4, 0.5) is 0 Å². The number of hydrogen-bond acceptors (Lipinski definition) is 3. The highest BCUT2D eigenvalue weighted by atomic mass is 16.6. The fraction of sp³-hybridized carbons (Fsp3) is 0.667. The number of carbonyl (C=O) groups excluding carboxylic acids is 1. The number of aliphatic hydroxyl groups is 1. The Morgan fingerprint density at radius 1 is 1.44 bits per heavy atom. The first kappa shape index (κ1) is 13.3. The zero-order valence-corrected chi connectivity index (χ0v) is 11.4. The Morgan fingerprint density at radius 2 is 2.17 bits per heavy atom. The molecule has 2 rings (SSSR count). The van der Waals surface area contributed by atoms with Crippen LogP contribution in [0, 0.1) is 5.92 Å². The third kappa shape index (κ3) is 3.02. The SMILES string of the molecule is CC(C)(C)OC(=O)C1C=C2C(=CC1)CCCC2O. The van der Waals surface area contributed by atoms with Crippen molar-refractivity contribution >= 4 is 5.97 Å². The van der Waals surface area contributed by atoms with Crippen LogP contribution < -0.4 is 0 Å². The fourth-order valence-electron chi connectivity index (χ4n) is 2.53. The van der Waals surface area contributed by atoms with Gasteiger partial charge in [-0.05, 0) is 57.6 Å². The summed E-state index contributed by atoms with van der Waals surface area (Å²) in [6, 6.07) is 0. The molecule has 0 aromatic carbocycles. The van der Waals surface area contributed by atoms with Crippen molar-refractivity contribution in [1.29, 1.82) is 0 Å². The lowest BCUT2D eigenvalue weighted by Crippen LogP contribution is -2.30. The first-order chi connectivity index (χ1) is 8.37. The van der Waals surface area contributed by atoms with Crippen LogP contribution in [0.3, 0.4) is 0 Å². The maximum atomic E-state index is 12.0. The Bertz CT molecular complexity index is 398. The van der Waals surface area contributed by atoms with E-state index in [1.165, 1.54) is 5.57 Å². The lowest BCUT2D eigenvalue weighted by atomic mass is 9.80. The molecule has 2 atom stereocenters. The van der Waals surface area contributed by atoms with E-state index >= 15 is 0 Å². The van der Waals surface area contributed by atoms with Gasteiger partial charge >= 0.3 is 5.97 Å². The molecule has 1 saturated carbocycles. The molecular formula is C15H22O3. The zero-order valence-electron chi connectivity index (χ0n) is 11.4. The molecule has 0 amide bonds. The highest BCUT2D eigenvalue weighted by Crippen LogP contribution is 2.35. The van der Waals surface area contributed by atoms with Gasteiger partial charge in [0.1, 0.15) is 5.60 Å². The predicted molar refractivity (Wildman–Crippen MR) is 70.0 cm³/mol. The second kappa shape index (κ2) is 4.88. The number of aliphatic hydroxyl groups excluding tert-OH is 1. The molecule has 0 spiro atoms. The van der Waals surface area contributed by atoms with Crippen molar-refractivity contribution in [3.63, 3.8) is 0 Å². The molecule has 2 aliphatic carbocycles. The number of hydrogen-bond donors (Lipinski definition) is 1. The molecule has 0 aromatic rings. The van der Waals surface area contributed by atoms with Gasteiger partial charge in [0.05, 0.1) is 12.0 Å². The number of allylic oxidation sites excluding steroid dienone is 1. The van der Waals surface area contributed by atoms with Crippen LogP contribution in [0.25, 0.3) is 0 Å². The Morgan fingerprint density at radius 3 is 2.83 bits per heavy atom. The van der Waals surface area contributed by atoms with Gasteiger partial charge in [0.15, 0.2) is 0 Å². The number of esters is 1. The minimum atomic E-state index is -0.454. The average Bonchev–Trinajstić information content (AvgIpc) is 2.27.